The number of hydrogen-bond acceptors (Lipinski definition) is 3. The number of nitrogens with zero attached hydrogens (tertiary/aromatic N) is 1. The third-order valence-corrected chi connectivity index (χ3v) is 7.38. The number of aliphatic imine (C=N–C) groups is 1. The predicted octanol–water partition coefficient (Wildman–Crippen LogP) is 6.35. The summed E-state index contributed by atoms with van der Waals surface area (Å²) in [6.07, 6.45) is 3.13. The van der Waals surface area contributed by atoms with E-state index in [1.807, 2.05) is 30.0 Å². The Labute approximate surface area is 174 Å². The smallest absolute Gasteiger partial charge is 0.160 e. The third kappa shape index (κ3) is 2.57. The predicted molar refractivity (Wildman–Crippen MR) is 118 cm³/mol. The van der Waals surface area contributed by atoms with E-state index in [4.69, 9.17) is 21.3 Å². The number of halogens is 1. The molecule has 0 radical (unpaired) electrons. The second-order valence-electron chi connectivity index (χ2n) is 7.13. The second-order valence-corrected chi connectivity index (χ2v) is 8.84. The zero-order valence-corrected chi connectivity index (χ0v) is 16.9. The van der Waals surface area contributed by atoms with Gasteiger partial charge in [0.25, 0.3) is 0 Å². The monoisotopic (exact) mass is 405 g/mol. The molecule has 0 bridgehead atoms. The zero-order valence-electron chi connectivity index (χ0n) is 15.3. The Morgan fingerprint density at radius 3 is 2.18 bits per heavy atom. The van der Waals surface area contributed by atoms with Gasteiger partial charge in [0.1, 0.15) is 0 Å². The van der Waals surface area contributed by atoms with Gasteiger partial charge in [-0.1, -0.05) is 72.3 Å². The van der Waals surface area contributed by atoms with Crippen LogP contribution in [0.2, 0.25) is 5.02 Å². The maximum Gasteiger partial charge on any atom is 0.160 e. The van der Waals surface area contributed by atoms with E-state index in [1.165, 1.54) is 11.1 Å². The summed E-state index contributed by atoms with van der Waals surface area (Å²) in [4.78, 5) is 4.30. The fraction of sp³-hybridized carbons (Fsp3) is 0.208. The zero-order chi connectivity index (χ0) is 19.0. The van der Waals surface area contributed by atoms with Crippen molar-refractivity contribution >= 4 is 35.3 Å². The first-order chi connectivity index (χ1) is 13.8. The first-order valence-corrected chi connectivity index (χ1v) is 10.9. The summed E-state index contributed by atoms with van der Waals surface area (Å²) in [5, 5.41) is 0.708. The van der Waals surface area contributed by atoms with Gasteiger partial charge in [-0.3, -0.25) is 4.99 Å². The van der Waals surface area contributed by atoms with E-state index in [1.54, 1.807) is 0 Å². The van der Waals surface area contributed by atoms with Crippen LogP contribution < -0.4 is 0 Å². The molecular formula is C24H20ClNOS. The Morgan fingerprint density at radius 2 is 1.57 bits per heavy atom. The SMILES string of the molecule is Clc1ccc2c(c1)C1(OCCCS1)C(c1ccccc1)(c1ccccc1)C=N2. The molecule has 1 atom stereocenters. The van der Waals surface area contributed by atoms with Crippen LogP contribution in [0.25, 0.3) is 0 Å². The van der Waals surface area contributed by atoms with E-state index in [9.17, 15) is 0 Å². The summed E-state index contributed by atoms with van der Waals surface area (Å²) in [5.74, 6) is 1.03. The molecule has 0 N–H and O–H groups in total. The molecule has 0 aliphatic carbocycles. The molecule has 0 amide bonds. The van der Waals surface area contributed by atoms with Gasteiger partial charge in [-0.05, 0) is 41.5 Å². The molecule has 2 heterocycles. The van der Waals surface area contributed by atoms with Crippen molar-refractivity contribution in [2.75, 3.05) is 12.4 Å². The fourth-order valence-electron chi connectivity index (χ4n) is 4.36. The van der Waals surface area contributed by atoms with Gasteiger partial charge in [0.15, 0.2) is 4.93 Å². The van der Waals surface area contributed by atoms with Crippen LogP contribution in [0.1, 0.15) is 23.1 Å². The van der Waals surface area contributed by atoms with Crippen LogP contribution in [0.3, 0.4) is 0 Å². The van der Waals surface area contributed by atoms with E-state index in [-0.39, 0.29) is 0 Å². The standard InChI is InChI=1S/C24H20ClNOS/c25-20-12-13-22-21(16-20)24(27-14-7-15-28-24)23(17-26-22,18-8-3-1-4-9-18)19-10-5-2-6-11-19/h1-6,8-13,16-17H,7,14-15H2. The quantitative estimate of drug-likeness (QED) is 0.495. The van der Waals surface area contributed by atoms with Gasteiger partial charge in [-0.25, -0.2) is 0 Å². The molecule has 1 unspecified atom stereocenters. The molecule has 1 spiro atoms. The van der Waals surface area contributed by atoms with Crippen LogP contribution in [0.5, 0.6) is 0 Å². The molecule has 28 heavy (non-hydrogen) atoms. The van der Waals surface area contributed by atoms with Gasteiger partial charge in [0, 0.05) is 23.4 Å². The van der Waals surface area contributed by atoms with Crippen molar-refractivity contribution in [1.82, 2.24) is 0 Å². The van der Waals surface area contributed by atoms with E-state index in [0.717, 1.165) is 23.4 Å². The number of fused-ring (bicyclic) bond motifs is 2. The number of hydrogen-bond donors (Lipinski definition) is 0. The Hall–Kier alpha value is -2.07. The van der Waals surface area contributed by atoms with Crippen LogP contribution in [0.4, 0.5) is 5.69 Å². The first kappa shape index (κ1) is 18.0. The highest BCUT2D eigenvalue weighted by molar-refractivity contribution is 8.00. The van der Waals surface area contributed by atoms with E-state index >= 15 is 0 Å². The van der Waals surface area contributed by atoms with Crippen molar-refractivity contribution in [2.45, 2.75) is 16.8 Å². The topological polar surface area (TPSA) is 21.6 Å². The highest BCUT2D eigenvalue weighted by Crippen LogP contribution is 2.60. The molecule has 140 valence electrons. The Morgan fingerprint density at radius 1 is 0.893 bits per heavy atom. The van der Waals surface area contributed by atoms with Gasteiger partial charge >= 0.3 is 0 Å². The maximum absolute atomic E-state index is 6.73. The molecule has 2 aliphatic rings. The molecule has 0 aromatic heterocycles. The summed E-state index contributed by atoms with van der Waals surface area (Å²) < 4.78 is 6.73. The van der Waals surface area contributed by atoms with Crippen molar-refractivity contribution < 1.29 is 4.74 Å². The summed E-state index contributed by atoms with van der Waals surface area (Å²) >= 11 is 8.31. The van der Waals surface area contributed by atoms with Crippen LogP contribution in [0, 0.1) is 0 Å². The van der Waals surface area contributed by atoms with Gasteiger partial charge in [-0.2, -0.15) is 0 Å². The Bertz CT molecular complexity index is 974. The molecule has 2 nitrogen and oxygen atoms in total. The van der Waals surface area contributed by atoms with Crippen LogP contribution >= 0.6 is 23.4 Å². The lowest BCUT2D eigenvalue weighted by atomic mass is 9.67. The minimum atomic E-state index is -0.615. The van der Waals surface area contributed by atoms with Crippen LogP contribution in [0.15, 0.2) is 83.9 Å². The number of ether oxygens (including phenoxy) is 1. The summed E-state index contributed by atoms with van der Waals surface area (Å²) in [6, 6.07) is 27.1. The van der Waals surface area contributed by atoms with Crippen molar-refractivity contribution in [1.29, 1.82) is 0 Å². The summed E-state index contributed by atoms with van der Waals surface area (Å²) in [5.41, 5.74) is 3.79. The molecule has 2 aliphatic heterocycles. The molecule has 5 rings (SSSR count). The molecule has 1 saturated heterocycles. The first-order valence-electron chi connectivity index (χ1n) is 9.50. The minimum Gasteiger partial charge on any atom is -0.358 e. The minimum absolute atomic E-state index is 0.543. The van der Waals surface area contributed by atoms with Crippen molar-refractivity contribution in [3.05, 3.63) is 101 Å². The highest BCUT2D eigenvalue weighted by atomic mass is 35.5. The highest BCUT2D eigenvalue weighted by Gasteiger charge is 2.59. The number of rotatable bonds is 2. The van der Waals surface area contributed by atoms with Gasteiger partial charge in [0.05, 0.1) is 11.1 Å². The van der Waals surface area contributed by atoms with Crippen molar-refractivity contribution in [2.24, 2.45) is 4.99 Å². The normalized spacial score (nSPS) is 22.8. The third-order valence-electron chi connectivity index (χ3n) is 5.59. The Balaban J connectivity index is 1.88. The van der Waals surface area contributed by atoms with Crippen molar-refractivity contribution in [3.63, 3.8) is 0 Å². The van der Waals surface area contributed by atoms with Crippen LogP contribution in [-0.2, 0) is 15.1 Å². The molecule has 3 aromatic rings. The molecule has 3 aromatic carbocycles. The average molecular weight is 406 g/mol. The molecule has 4 heteroatoms. The van der Waals surface area contributed by atoms with E-state index in [0.29, 0.717) is 11.6 Å². The lowest BCUT2D eigenvalue weighted by Gasteiger charge is -2.52. The van der Waals surface area contributed by atoms with Crippen LogP contribution in [-0.4, -0.2) is 18.6 Å². The molecular weight excluding hydrogens is 386 g/mol. The van der Waals surface area contributed by atoms with E-state index < -0.39 is 10.3 Å². The number of thioether (sulfide) groups is 1. The molecule has 0 saturated carbocycles. The van der Waals surface area contributed by atoms with E-state index in [2.05, 4.69) is 66.9 Å². The second kappa shape index (κ2) is 7.07. The lowest BCUT2D eigenvalue weighted by Crippen LogP contribution is -2.54. The summed E-state index contributed by atoms with van der Waals surface area (Å²) in [6.45, 7) is 0.716. The maximum atomic E-state index is 6.73. The summed E-state index contributed by atoms with van der Waals surface area (Å²) in [7, 11) is 0. The van der Waals surface area contributed by atoms with Gasteiger partial charge in [-0.15, -0.1) is 11.8 Å². The van der Waals surface area contributed by atoms with Crippen molar-refractivity contribution in [3.8, 4) is 0 Å². The largest absolute Gasteiger partial charge is 0.358 e. The van der Waals surface area contributed by atoms with Gasteiger partial charge < -0.3 is 4.74 Å². The lowest BCUT2D eigenvalue weighted by molar-refractivity contribution is -0.0104. The average Bonchev–Trinajstić information content (AvgIpc) is 2.77. The number of benzene rings is 3. The van der Waals surface area contributed by atoms with Gasteiger partial charge in [0.2, 0.25) is 0 Å². The Kier molecular flexibility index (Phi) is 4.54. The fourth-order valence-corrected chi connectivity index (χ4v) is 6.09. The molecule has 1 fully saturated rings.